The Morgan fingerprint density at radius 1 is 1.33 bits per heavy atom. The molecule has 1 amide bonds. The van der Waals surface area contributed by atoms with Gasteiger partial charge in [-0.15, -0.1) is 0 Å². The molecular formula is C17H22N2O2. The predicted molar refractivity (Wildman–Crippen MR) is 84.0 cm³/mol. The number of hydrogen-bond acceptors (Lipinski definition) is 2. The van der Waals surface area contributed by atoms with Gasteiger partial charge in [0.25, 0.3) is 5.91 Å². The van der Waals surface area contributed by atoms with Crippen molar-refractivity contribution in [2.45, 2.75) is 33.2 Å². The molecule has 0 radical (unpaired) electrons. The molecule has 1 aromatic carbocycles. The van der Waals surface area contributed by atoms with Crippen molar-refractivity contribution in [2.24, 2.45) is 5.92 Å². The summed E-state index contributed by atoms with van der Waals surface area (Å²) >= 11 is 0. The zero-order valence-electron chi connectivity index (χ0n) is 12.9. The zero-order valence-corrected chi connectivity index (χ0v) is 12.9. The van der Waals surface area contributed by atoms with E-state index in [1.54, 1.807) is 7.11 Å². The molecule has 4 nitrogen and oxygen atoms in total. The number of amides is 1. The molecule has 0 spiro atoms. The molecule has 0 aliphatic carbocycles. The number of rotatable bonds is 3. The molecule has 0 saturated heterocycles. The molecule has 21 heavy (non-hydrogen) atoms. The van der Waals surface area contributed by atoms with Gasteiger partial charge in [0, 0.05) is 18.5 Å². The van der Waals surface area contributed by atoms with Gasteiger partial charge in [-0.25, -0.2) is 0 Å². The summed E-state index contributed by atoms with van der Waals surface area (Å²) in [5, 5.41) is 4.05. The van der Waals surface area contributed by atoms with Crippen LogP contribution in [-0.2, 0) is 13.0 Å². The summed E-state index contributed by atoms with van der Waals surface area (Å²) in [6.07, 6.45) is 1.95. The summed E-state index contributed by atoms with van der Waals surface area (Å²) in [7, 11) is 1.69. The third-order valence-corrected chi connectivity index (χ3v) is 3.99. The minimum absolute atomic E-state index is 0.0261. The number of ether oxygens (including phenoxy) is 1. The van der Waals surface area contributed by atoms with Crippen LogP contribution < -0.4 is 10.1 Å². The van der Waals surface area contributed by atoms with E-state index in [2.05, 4.69) is 29.8 Å². The highest BCUT2D eigenvalue weighted by molar-refractivity contribution is 6.00. The van der Waals surface area contributed by atoms with Gasteiger partial charge in [0.1, 0.15) is 11.4 Å². The average molecular weight is 286 g/mol. The van der Waals surface area contributed by atoms with Crippen LogP contribution in [0, 0.1) is 5.92 Å². The Bertz CT molecular complexity index is 686. The van der Waals surface area contributed by atoms with Crippen molar-refractivity contribution in [1.82, 2.24) is 9.88 Å². The van der Waals surface area contributed by atoms with Crippen LogP contribution in [0.2, 0.25) is 0 Å². The Morgan fingerprint density at radius 2 is 2.14 bits per heavy atom. The molecule has 112 valence electrons. The third-order valence-electron chi connectivity index (χ3n) is 3.99. The topological polar surface area (TPSA) is 43.3 Å². The molecule has 0 saturated carbocycles. The number of fused-ring (bicyclic) bond motifs is 3. The summed E-state index contributed by atoms with van der Waals surface area (Å²) in [6.45, 7) is 6.06. The Labute approximate surface area is 125 Å². The molecule has 2 heterocycles. The molecule has 0 atom stereocenters. The maximum Gasteiger partial charge on any atom is 0.267 e. The van der Waals surface area contributed by atoms with E-state index >= 15 is 0 Å². The molecule has 0 bridgehead atoms. The van der Waals surface area contributed by atoms with E-state index in [1.807, 2.05) is 12.1 Å². The van der Waals surface area contributed by atoms with Crippen molar-refractivity contribution in [1.29, 1.82) is 0 Å². The Hall–Kier alpha value is -1.97. The number of carbonyl (C=O) groups excluding carboxylic acids is 1. The van der Waals surface area contributed by atoms with Crippen molar-refractivity contribution in [3.63, 3.8) is 0 Å². The summed E-state index contributed by atoms with van der Waals surface area (Å²) in [5.41, 5.74) is 3.22. The monoisotopic (exact) mass is 286 g/mol. The number of carbonyl (C=O) groups is 1. The number of hydrogen-bond donors (Lipinski definition) is 1. The second-order valence-electron chi connectivity index (χ2n) is 6.11. The van der Waals surface area contributed by atoms with E-state index in [1.165, 1.54) is 11.1 Å². The quantitative estimate of drug-likeness (QED) is 0.942. The molecule has 1 aliphatic rings. The maximum absolute atomic E-state index is 12.2. The lowest BCUT2D eigenvalue weighted by Gasteiger charge is -2.13. The van der Waals surface area contributed by atoms with Crippen LogP contribution in [0.1, 0.15) is 36.3 Å². The normalized spacial score (nSPS) is 15.0. The van der Waals surface area contributed by atoms with E-state index in [0.717, 1.165) is 42.8 Å². The average Bonchev–Trinajstić information content (AvgIpc) is 2.72. The highest BCUT2D eigenvalue weighted by Crippen LogP contribution is 2.31. The van der Waals surface area contributed by atoms with E-state index in [9.17, 15) is 4.79 Å². The standard InChI is InChI=1S/C17H22N2O2/c1-11(2)7-12-8-14(21-3)9-13-10-15-17(20)18-5-4-6-19(15)16(12)13/h8-11H,4-7H2,1-3H3,(H,18,20). The Kier molecular flexibility index (Phi) is 3.62. The molecule has 0 fully saturated rings. The third kappa shape index (κ3) is 2.50. The van der Waals surface area contributed by atoms with Crippen molar-refractivity contribution in [2.75, 3.05) is 13.7 Å². The predicted octanol–water partition coefficient (Wildman–Crippen LogP) is 2.98. The SMILES string of the molecule is COc1cc(CC(C)C)c2c(c1)cc1n2CCCNC1=O. The minimum atomic E-state index is 0.0261. The van der Waals surface area contributed by atoms with Gasteiger partial charge in [0.2, 0.25) is 0 Å². The first-order valence-corrected chi connectivity index (χ1v) is 7.58. The lowest BCUT2D eigenvalue weighted by Crippen LogP contribution is -2.22. The second kappa shape index (κ2) is 5.43. The van der Waals surface area contributed by atoms with E-state index in [0.29, 0.717) is 5.92 Å². The van der Waals surface area contributed by atoms with Gasteiger partial charge in [-0.05, 0) is 42.5 Å². The van der Waals surface area contributed by atoms with E-state index in [-0.39, 0.29) is 5.91 Å². The van der Waals surface area contributed by atoms with Crippen LogP contribution in [0.25, 0.3) is 10.9 Å². The first-order chi connectivity index (χ1) is 10.1. The lowest BCUT2D eigenvalue weighted by atomic mass is 10.0. The van der Waals surface area contributed by atoms with Crippen molar-refractivity contribution in [3.8, 4) is 5.75 Å². The van der Waals surface area contributed by atoms with Gasteiger partial charge in [0.05, 0.1) is 12.6 Å². The number of nitrogens with one attached hydrogen (secondary N) is 1. The summed E-state index contributed by atoms with van der Waals surface area (Å²) in [5.74, 6) is 1.45. The smallest absolute Gasteiger partial charge is 0.267 e. The molecule has 3 rings (SSSR count). The molecular weight excluding hydrogens is 264 g/mol. The fourth-order valence-electron chi connectivity index (χ4n) is 3.14. The Morgan fingerprint density at radius 3 is 2.86 bits per heavy atom. The summed E-state index contributed by atoms with van der Waals surface area (Å²) in [6, 6.07) is 6.12. The molecule has 4 heteroatoms. The first-order valence-electron chi connectivity index (χ1n) is 7.58. The summed E-state index contributed by atoms with van der Waals surface area (Å²) in [4.78, 5) is 12.2. The minimum Gasteiger partial charge on any atom is -0.497 e. The van der Waals surface area contributed by atoms with Gasteiger partial charge >= 0.3 is 0 Å². The molecule has 1 aromatic heterocycles. The number of aromatic nitrogens is 1. The van der Waals surface area contributed by atoms with Crippen LogP contribution in [0.4, 0.5) is 0 Å². The van der Waals surface area contributed by atoms with Gasteiger partial charge in [-0.2, -0.15) is 0 Å². The molecule has 1 aliphatic heterocycles. The van der Waals surface area contributed by atoms with Gasteiger partial charge in [-0.3, -0.25) is 4.79 Å². The van der Waals surface area contributed by atoms with Crippen molar-refractivity contribution < 1.29 is 9.53 Å². The van der Waals surface area contributed by atoms with Gasteiger partial charge in [-0.1, -0.05) is 13.8 Å². The van der Waals surface area contributed by atoms with Crippen LogP contribution in [0.15, 0.2) is 18.2 Å². The van der Waals surface area contributed by atoms with E-state index in [4.69, 9.17) is 4.74 Å². The van der Waals surface area contributed by atoms with Crippen molar-refractivity contribution in [3.05, 3.63) is 29.5 Å². The largest absolute Gasteiger partial charge is 0.497 e. The number of methoxy groups -OCH3 is 1. The fourth-order valence-corrected chi connectivity index (χ4v) is 3.14. The van der Waals surface area contributed by atoms with E-state index < -0.39 is 0 Å². The van der Waals surface area contributed by atoms with Gasteiger partial charge < -0.3 is 14.6 Å². The highest BCUT2D eigenvalue weighted by Gasteiger charge is 2.20. The molecule has 2 aromatic rings. The van der Waals surface area contributed by atoms with Crippen molar-refractivity contribution >= 4 is 16.8 Å². The van der Waals surface area contributed by atoms with Crippen LogP contribution in [-0.4, -0.2) is 24.1 Å². The van der Waals surface area contributed by atoms with Gasteiger partial charge in [0.15, 0.2) is 0 Å². The maximum atomic E-state index is 12.2. The first kappa shape index (κ1) is 14.0. The number of benzene rings is 1. The molecule has 0 unspecified atom stereocenters. The highest BCUT2D eigenvalue weighted by atomic mass is 16.5. The second-order valence-corrected chi connectivity index (χ2v) is 6.11. The number of nitrogens with zero attached hydrogens (tertiary/aromatic N) is 1. The zero-order chi connectivity index (χ0) is 15.0. The number of aryl methyl sites for hydroxylation is 1. The summed E-state index contributed by atoms with van der Waals surface area (Å²) < 4.78 is 7.59. The lowest BCUT2D eigenvalue weighted by molar-refractivity contribution is 0.0951. The Balaban J connectivity index is 2.25. The van der Waals surface area contributed by atoms with Crippen LogP contribution >= 0.6 is 0 Å². The van der Waals surface area contributed by atoms with Crippen LogP contribution in [0.5, 0.6) is 5.75 Å². The molecule has 1 N–H and O–H groups in total. The van der Waals surface area contributed by atoms with Crippen LogP contribution in [0.3, 0.4) is 0 Å². The fraction of sp³-hybridized carbons (Fsp3) is 0.471.